The van der Waals surface area contributed by atoms with E-state index >= 15 is 0 Å². The van der Waals surface area contributed by atoms with E-state index in [1.807, 2.05) is 17.9 Å². The minimum atomic E-state index is 0.703. The van der Waals surface area contributed by atoms with Crippen LogP contribution in [0.5, 0.6) is 0 Å². The summed E-state index contributed by atoms with van der Waals surface area (Å²) in [6.45, 7) is 7.84. The summed E-state index contributed by atoms with van der Waals surface area (Å²) in [5, 5.41) is 7.97. The van der Waals surface area contributed by atoms with Crippen LogP contribution in [0.4, 0.5) is 0 Å². The fraction of sp³-hybridized carbons (Fsp3) is 0.824. The normalized spacial score (nSPS) is 26.4. The van der Waals surface area contributed by atoms with Crippen LogP contribution in [-0.2, 0) is 13.6 Å². The lowest BCUT2D eigenvalue weighted by molar-refractivity contribution is 0.150. The summed E-state index contributed by atoms with van der Waals surface area (Å²) >= 11 is 0. The maximum absolute atomic E-state index is 4.26. The van der Waals surface area contributed by atoms with Crippen molar-refractivity contribution in [2.45, 2.75) is 52.1 Å². The van der Waals surface area contributed by atoms with Gasteiger partial charge in [0.1, 0.15) is 0 Å². The summed E-state index contributed by atoms with van der Waals surface area (Å²) < 4.78 is 1.89. The Kier molecular flexibility index (Phi) is 6.24. The van der Waals surface area contributed by atoms with Crippen LogP contribution in [0.1, 0.15) is 45.1 Å². The van der Waals surface area contributed by atoms with Crippen molar-refractivity contribution < 1.29 is 0 Å². The Bertz CT molecular complexity index is 415. The zero-order chi connectivity index (χ0) is 15.2. The molecule has 4 nitrogen and oxygen atoms in total. The van der Waals surface area contributed by atoms with E-state index in [4.69, 9.17) is 0 Å². The second kappa shape index (κ2) is 7.95. The molecule has 3 unspecified atom stereocenters. The average Bonchev–Trinajstić information content (AvgIpc) is 2.86. The van der Waals surface area contributed by atoms with Crippen LogP contribution < -0.4 is 5.32 Å². The first-order valence-corrected chi connectivity index (χ1v) is 8.51. The molecular weight excluding hydrogens is 260 g/mol. The van der Waals surface area contributed by atoms with E-state index in [1.54, 1.807) is 0 Å². The van der Waals surface area contributed by atoms with Crippen LogP contribution in [0.2, 0.25) is 0 Å². The third kappa shape index (κ3) is 4.82. The van der Waals surface area contributed by atoms with Crippen molar-refractivity contribution in [3.8, 4) is 0 Å². The van der Waals surface area contributed by atoms with Crippen molar-refractivity contribution in [2.24, 2.45) is 18.9 Å². The Hall–Kier alpha value is -0.870. The minimum Gasteiger partial charge on any atom is -0.314 e. The summed E-state index contributed by atoms with van der Waals surface area (Å²) in [5.74, 6) is 1.71. The lowest BCUT2D eigenvalue weighted by Gasteiger charge is -2.38. The highest BCUT2D eigenvalue weighted by atomic mass is 15.2. The van der Waals surface area contributed by atoms with E-state index in [1.165, 1.54) is 37.8 Å². The third-order valence-corrected chi connectivity index (χ3v) is 4.89. The van der Waals surface area contributed by atoms with E-state index in [9.17, 15) is 0 Å². The third-order valence-electron chi connectivity index (χ3n) is 4.89. The molecule has 0 radical (unpaired) electrons. The quantitative estimate of drug-likeness (QED) is 0.839. The smallest absolute Gasteiger partial charge is 0.0534 e. The maximum atomic E-state index is 4.26. The first-order valence-electron chi connectivity index (χ1n) is 8.51. The summed E-state index contributed by atoms with van der Waals surface area (Å²) in [6, 6.07) is 0.703. The van der Waals surface area contributed by atoms with Crippen molar-refractivity contribution in [3.63, 3.8) is 0 Å². The maximum Gasteiger partial charge on any atom is 0.0534 e. The highest BCUT2D eigenvalue weighted by molar-refractivity contribution is 5.03. The molecule has 0 bridgehead atoms. The minimum absolute atomic E-state index is 0.703. The molecule has 1 heterocycles. The Balaban J connectivity index is 1.89. The molecule has 0 amide bonds. The second-order valence-electron chi connectivity index (χ2n) is 6.73. The van der Waals surface area contributed by atoms with Gasteiger partial charge in [-0.1, -0.05) is 20.3 Å². The van der Waals surface area contributed by atoms with Gasteiger partial charge in [-0.25, -0.2) is 0 Å². The fourth-order valence-corrected chi connectivity index (χ4v) is 3.79. The molecule has 1 N–H and O–H groups in total. The predicted molar refractivity (Wildman–Crippen MR) is 88.1 cm³/mol. The molecule has 2 rings (SSSR count). The molecule has 0 spiro atoms. The lowest BCUT2D eigenvalue weighted by atomic mass is 9.76. The molecular formula is C17H32N4. The van der Waals surface area contributed by atoms with Gasteiger partial charge in [-0.3, -0.25) is 4.68 Å². The van der Waals surface area contributed by atoms with Crippen LogP contribution in [0, 0.1) is 11.8 Å². The Labute approximate surface area is 129 Å². The van der Waals surface area contributed by atoms with Gasteiger partial charge >= 0.3 is 0 Å². The zero-order valence-corrected chi connectivity index (χ0v) is 14.2. The van der Waals surface area contributed by atoms with Crippen molar-refractivity contribution >= 4 is 0 Å². The van der Waals surface area contributed by atoms with Gasteiger partial charge in [-0.05, 0) is 44.7 Å². The summed E-state index contributed by atoms with van der Waals surface area (Å²) in [4.78, 5) is 2.46. The van der Waals surface area contributed by atoms with Gasteiger partial charge in [-0.15, -0.1) is 0 Å². The number of nitrogens with one attached hydrogen (secondary N) is 1. The van der Waals surface area contributed by atoms with Crippen LogP contribution in [-0.4, -0.2) is 40.9 Å². The highest BCUT2D eigenvalue weighted by Crippen LogP contribution is 2.32. The van der Waals surface area contributed by atoms with Gasteiger partial charge in [-0.2, -0.15) is 5.10 Å². The van der Waals surface area contributed by atoms with E-state index in [0.717, 1.165) is 24.9 Å². The van der Waals surface area contributed by atoms with Crippen LogP contribution in [0.3, 0.4) is 0 Å². The molecule has 4 heteroatoms. The van der Waals surface area contributed by atoms with Crippen LogP contribution >= 0.6 is 0 Å². The van der Waals surface area contributed by atoms with Crippen molar-refractivity contribution in [3.05, 3.63) is 18.0 Å². The van der Waals surface area contributed by atoms with E-state index in [-0.39, 0.29) is 0 Å². The topological polar surface area (TPSA) is 33.1 Å². The Morgan fingerprint density at radius 2 is 2.19 bits per heavy atom. The number of rotatable bonds is 7. The van der Waals surface area contributed by atoms with Gasteiger partial charge in [0.2, 0.25) is 0 Å². The van der Waals surface area contributed by atoms with Gasteiger partial charge in [0.05, 0.1) is 6.20 Å². The molecule has 1 aromatic rings. The van der Waals surface area contributed by atoms with Crippen LogP contribution in [0.15, 0.2) is 12.4 Å². The molecule has 1 aromatic heterocycles. The molecule has 1 aliphatic carbocycles. The largest absolute Gasteiger partial charge is 0.314 e. The molecule has 1 saturated carbocycles. The Morgan fingerprint density at radius 3 is 2.81 bits per heavy atom. The number of hydrogen-bond acceptors (Lipinski definition) is 3. The first kappa shape index (κ1) is 16.5. The van der Waals surface area contributed by atoms with Gasteiger partial charge in [0.25, 0.3) is 0 Å². The molecule has 0 saturated heterocycles. The first-order chi connectivity index (χ1) is 10.1. The van der Waals surface area contributed by atoms with E-state index < -0.39 is 0 Å². The highest BCUT2D eigenvalue weighted by Gasteiger charge is 2.29. The second-order valence-corrected chi connectivity index (χ2v) is 6.73. The SMILES string of the molecule is CCNC1CCC(CC)CC1CN(C)Cc1cnn(C)c1. The molecule has 21 heavy (non-hydrogen) atoms. The van der Waals surface area contributed by atoms with Crippen LogP contribution in [0.25, 0.3) is 0 Å². The van der Waals surface area contributed by atoms with E-state index in [0.29, 0.717) is 6.04 Å². The van der Waals surface area contributed by atoms with Gasteiger partial charge in [0, 0.05) is 37.9 Å². The zero-order valence-electron chi connectivity index (χ0n) is 14.2. The Morgan fingerprint density at radius 1 is 1.38 bits per heavy atom. The molecule has 3 atom stereocenters. The van der Waals surface area contributed by atoms with Crippen molar-refractivity contribution in [2.75, 3.05) is 20.1 Å². The number of nitrogens with zero attached hydrogens (tertiary/aromatic N) is 3. The van der Waals surface area contributed by atoms with Gasteiger partial charge < -0.3 is 10.2 Å². The molecule has 0 aromatic carbocycles. The number of aryl methyl sites for hydroxylation is 1. The molecule has 1 aliphatic rings. The summed E-state index contributed by atoms with van der Waals surface area (Å²) in [5.41, 5.74) is 1.31. The monoisotopic (exact) mass is 292 g/mol. The standard InChI is InChI=1S/C17H32N4/c1-5-14-7-8-17(18-6-2)16(9-14)13-20(3)11-15-10-19-21(4)12-15/h10,12,14,16-18H,5-9,11,13H2,1-4H3. The average molecular weight is 292 g/mol. The molecule has 0 aliphatic heterocycles. The number of aromatic nitrogens is 2. The van der Waals surface area contributed by atoms with Crippen molar-refractivity contribution in [1.82, 2.24) is 20.0 Å². The fourth-order valence-electron chi connectivity index (χ4n) is 3.79. The molecule has 1 fully saturated rings. The predicted octanol–water partition coefficient (Wildman–Crippen LogP) is 2.66. The summed E-state index contributed by atoms with van der Waals surface area (Å²) in [7, 11) is 4.23. The lowest BCUT2D eigenvalue weighted by Crippen LogP contribution is -2.45. The summed E-state index contributed by atoms with van der Waals surface area (Å²) in [6.07, 6.45) is 9.56. The number of hydrogen-bond donors (Lipinski definition) is 1. The van der Waals surface area contributed by atoms with E-state index in [2.05, 4.69) is 42.4 Å². The van der Waals surface area contributed by atoms with Crippen molar-refractivity contribution in [1.29, 1.82) is 0 Å². The van der Waals surface area contributed by atoms with Gasteiger partial charge in [0.15, 0.2) is 0 Å². The molecule has 120 valence electrons.